The Morgan fingerprint density at radius 2 is 2.55 bits per heavy atom. The Hall–Kier alpha value is -0.750. The third-order valence-corrected chi connectivity index (χ3v) is 2.39. The highest BCUT2D eigenvalue weighted by Gasteiger charge is 2.31. The maximum Gasteiger partial charge on any atom is 0.530 e. The standard InChI is InChI=1S/C6H7O4P/c1-3-6-4-5-9-11(7,8-2)10-6/h1,4-6H,2H3. The van der Waals surface area contributed by atoms with Crippen LogP contribution in [0.5, 0.6) is 0 Å². The van der Waals surface area contributed by atoms with E-state index in [1.807, 2.05) is 0 Å². The van der Waals surface area contributed by atoms with Crippen LogP contribution in [-0.2, 0) is 18.1 Å². The monoisotopic (exact) mass is 174 g/mol. The largest absolute Gasteiger partial charge is 0.530 e. The molecule has 0 radical (unpaired) electrons. The van der Waals surface area contributed by atoms with Crippen molar-refractivity contribution in [2.75, 3.05) is 7.11 Å². The molecule has 0 N–H and O–H groups in total. The average Bonchev–Trinajstić information content (AvgIpc) is 2.05. The van der Waals surface area contributed by atoms with E-state index in [2.05, 4.69) is 15.0 Å². The van der Waals surface area contributed by atoms with E-state index in [0.717, 1.165) is 0 Å². The molecule has 60 valence electrons. The van der Waals surface area contributed by atoms with Gasteiger partial charge in [-0.1, -0.05) is 5.92 Å². The molecule has 4 nitrogen and oxygen atoms in total. The predicted molar refractivity (Wildman–Crippen MR) is 38.5 cm³/mol. The summed E-state index contributed by atoms with van der Waals surface area (Å²) in [7, 11) is -2.17. The van der Waals surface area contributed by atoms with Crippen molar-refractivity contribution in [3.8, 4) is 12.3 Å². The van der Waals surface area contributed by atoms with E-state index in [-0.39, 0.29) is 0 Å². The van der Waals surface area contributed by atoms with Gasteiger partial charge in [0.1, 0.15) is 0 Å². The lowest BCUT2D eigenvalue weighted by atomic mass is 10.4. The summed E-state index contributed by atoms with van der Waals surface area (Å²) in [6.07, 6.45) is 7.08. The van der Waals surface area contributed by atoms with Gasteiger partial charge in [-0.05, 0) is 6.08 Å². The molecule has 11 heavy (non-hydrogen) atoms. The highest BCUT2D eigenvalue weighted by atomic mass is 31.2. The SMILES string of the molecule is C#CC1C=COP(=O)(OC)O1. The molecule has 0 bridgehead atoms. The number of phosphoric acid groups is 1. The third-order valence-electron chi connectivity index (χ3n) is 1.07. The fraction of sp³-hybridized carbons (Fsp3) is 0.333. The lowest BCUT2D eigenvalue weighted by molar-refractivity contribution is 0.143. The van der Waals surface area contributed by atoms with Gasteiger partial charge in [-0.2, -0.15) is 0 Å². The van der Waals surface area contributed by atoms with Crippen LogP contribution in [-0.4, -0.2) is 13.2 Å². The van der Waals surface area contributed by atoms with Gasteiger partial charge in [-0.25, -0.2) is 4.57 Å². The first-order valence-electron chi connectivity index (χ1n) is 2.85. The molecule has 0 saturated carbocycles. The minimum Gasteiger partial charge on any atom is -0.412 e. The van der Waals surface area contributed by atoms with Crippen molar-refractivity contribution in [1.82, 2.24) is 0 Å². The zero-order valence-electron chi connectivity index (χ0n) is 5.89. The molecule has 0 spiro atoms. The summed E-state index contributed by atoms with van der Waals surface area (Å²) in [5.74, 6) is 2.25. The number of hydrogen-bond acceptors (Lipinski definition) is 4. The van der Waals surface area contributed by atoms with Gasteiger partial charge < -0.3 is 4.52 Å². The second kappa shape index (κ2) is 3.10. The summed E-state index contributed by atoms with van der Waals surface area (Å²) in [5.41, 5.74) is 0. The van der Waals surface area contributed by atoms with Crippen molar-refractivity contribution < 1.29 is 18.1 Å². The van der Waals surface area contributed by atoms with Gasteiger partial charge in [0, 0.05) is 7.11 Å². The highest BCUT2D eigenvalue weighted by Crippen LogP contribution is 2.51. The first kappa shape index (κ1) is 8.35. The fourth-order valence-corrected chi connectivity index (χ4v) is 1.40. The molecule has 0 saturated heterocycles. The van der Waals surface area contributed by atoms with Crippen molar-refractivity contribution in [3.63, 3.8) is 0 Å². The van der Waals surface area contributed by atoms with E-state index in [4.69, 9.17) is 10.9 Å². The van der Waals surface area contributed by atoms with Crippen LogP contribution in [0.3, 0.4) is 0 Å². The molecular weight excluding hydrogens is 167 g/mol. The molecule has 0 aromatic rings. The summed E-state index contributed by atoms with van der Waals surface area (Å²) in [6, 6.07) is 0. The summed E-state index contributed by atoms with van der Waals surface area (Å²) >= 11 is 0. The Labute approximate surface area is 64.8 Å². The normalized spacial score (nSPS) is 35.8. The number of rotatable bonds is 1. The highest BCUT2D eigenvalue weighted by molar-refractivity contribution is 7.48. The van der Waals surface area contributed by atoms with Gasteiger partial charge in [0.15, 0.2) is 6.10 Å². The van der Waals surface area contributed by atoms with E-state index in [0.29, 0.717) is 0 Å². The summed E-state index contributed by atoms with van der Waals surface area (Å²) in [6.45, 7) is 0. The zero-order chi connectivity index (χ0) is 8.32. The third kappa shape index (κ3) is 1.84. The Morgan fingerprint density at radius 3 is 3.09 bits per heavy atom. The van der Waals surface area contributed by atoms with Crippen LogP contribution in [0.2, 0.25) is 0 Å². The zero-order valence-corrected chi connectivity index (χ0v) is 6.78. The van der Waals surface area contributed by atoms with Gasteiger partial charge >= 0.3 is 7.82 Å². The van der Waals surface area contributed by atoms with E-state index in [9.17, 15) is 4.57 Å². The van der Waals surface area contributed by atoms with E-state index < -0.39 is 13.9 Å². The van der Waals surface area contributed by atoms with E-state index >= 15 is 0 Å². The first-order chi connectivity index (χ1) is 5.20. The molecule has 1 rings (SSSR count). The van der Waals surface area contributed by atoms with Crippen molar-refractivity contribution in [2.24, 2.45) is 0 Å². The topological polar surface area (TPSA) is 44.8 Å². The molecular formula is C6H7O4P. The number of hydrogen-bond donors (Lipinski definition) is 0. The van der Waals surface area contributed by atoms with Gasteiger partial charge in [0.25, 0.3) is 0 Å². The molecule has 1 heterocycles. The van der Waals surface area contributed by atoms with E-state index in [1.165, 1.54) is 19.4 Å². The molecule has 2 atom stereocenters. The quantitative estimate of drug-likeness (QED) is 0.444. The van der Waals surface area contributed by atoms with Crippen molar-refractivity contribution in [3.05, 3.63) is 12.3 Å². The van der Waals surface area contributed by atoms with E-state index in [1.54, 1.807) is 0 Å². The van der Waals surface area contributed by atoms with Crippen LogP contribution >= 0.6 is 7.82 Å². The van der Waals surface area contributed by atoms with Gasteiger partial charge in [0.2, 0.25) is 0 Å². The number of terminal acetylenes is 1. The smallest absolute Gasteiger partial charge is 0.412 e. The molecule has 0 aromatic heterocycles. The average molecular weight is 174 g/mol. The Morgan fingerprint density at radius 1 is 1.82 bits per heavy atom. The van der Waals surface area contributed by atoms with Gasteiger partial charge in [-0.3, -0.25) is 9.05 Å². The molecule has 0 aliphatic carbocycles. The molecule has 0 aromatic carbocycles. The Bertz CT molecular complexity index is 252. The van der Waals surface area contributed by atoms with Crippen molar-refractivity contribution in [1.29, 1.82) is 0 Å². The molecule has 0 fully saturated rings. The van der Waals surface area contributed by atoms with Crippen molar-refractivity contribution in [2.45, 2.75) is 6.10 Å². The maximum atomic E-state index is 11.2. The van der Waals surface area contributed by atoms with Crippen LogP contribution in [0.15, 0.2) is 12.3 Å². The Kier molecular flexibility index (Phi) is 2.35. The second-order valence-corrected chi connectivity index (χ2v) is 3.44. The fourth-order valence-electron chi connectivity index (χ4n) is 0.552. The van der Waals surface area contributed by atoms with Gasteiger partial charge in [0.05, 0.1) is 6.26 Å². The molecule has 1 aliphatic heterocycles. The number of phosphoric ester groups is 1. The summed E-state index contributed by atoms with van der Waals surface area (Å²) < 4.78 is 25.0. The first-order valence-corrected chi connectivity index (χ1v) is 4.31. The lowest BCUT2D eigenvalue weighted by Gasteiger charge is -2.19. The van der Waals surface area contributed by atoms with Crippen LogP contribution in [0.25, 0.3) is 0 Å². The second-order valence-electron chi connectivity index (χ2n) is 1.76. The summed E-state index contributed by atoms with van der Waals surface area (Å²) in [4.78, 5) is 0. The summed E-state index contributed by atoms with van der Waals surface area (Å²) in [5, 5.41) is 0. The molecule has 5 heteroatoms. The van der Waals surface area contributed by atoms with Crippen LogP contribution in [0.4, 0.5) is 0 Å². The van der Waals surface area contributed by atoms with Gasteiger partial charge in [-0.15, -0.1) is 6.42 Å². The van der Waals surface area contributed by atoms with Crippen molar-refractivity contribution >= 4 is 7.82 Å². The molecule has 0 amide bonds. The lowest BCUT2D eigenvalue weighted by Crippen LogP contribution is -2.10. The Balaban J connectivity index is 2.74. The van der Waals surface area contributed by atoms with Crippen LogP contribution in [0, 0.1) is 12.3 Å². The minimum absolute atomic E-state index is 0.630. The predicted octanol–water partition coefficient (Wildman–Crippen LogP) is 1.30. The van der Waals surface area contributed by atoms with Crippen LogP contribution < -0.4 is 0 Å². The minimum atomic E-state index is -3.40. The molecule has 2 unspecified atom stereocenters. The maximum absolute atomic E-state index is 11.2. The molecule has 1 aliphatic rings. The van der Waals surface area contributed by atoms with Crippen LogP contribution in [0.1, 0.15) is 0 Å².